The molecule has 0 unspecified atom stereocenters. The van der Waals surface area contributed by atoms with Crippen molar-refractivity contribution in [3.05, 3.63) is 75.2 Å². The smallest absolute Gasteiger partial charge is 0.414 e. The summed E-state index contributed by atoms with van der Waals surface area (Å²) in [4.78, 5) is 29.4. The highest BCUT2D eigenvalue weighted by Crippen LogP contribution is 2.33. The van der Waals surface area contributed by atoms with Crippen LogP contribution in [0.5, 0.6) is 0 Å². The molecule has 0 bridgehead atoms. The summed E-state index contributed by atoms with van der Waals surface area (Å²) < 4.78 is 12.8. The zero-order valence-corrected chi connectivity index (χ0v) is 27.7. The van der Waals surface area contributed by atoms with Crippen molar-refractivity contribution >= 4 is 80.4 Å². The zero-order valence-electron chi connectivity index (χ0n) is 25.5. The van der Waals surface area contributed by atoms with E-state index in [0.29, 0.717) is 28.2 Å². The summed E-state index contributed by atoms with van der Waals surface area (Å²) in [6.45, 7) is 11.7. The molecule has 44 heavy (non-hydrogen) atoms. The Morgan fingerprint density at radius 3 is 1.95 bits per heavy atom. The molecular weight excluding hydrogens is 625 g/mol. The Morgan fingerprint density at radius 2 is 1.36 bits per heavy atom. The standard InChI is InChI=1S/C32H36Cl3N5O4/c1-31(2,3)43-29(41)38-28(39-30(42)44-32(4,5)6)36-13-14-40-26-11-8-20(33)16-22(26)23-17-21(9-12-27(23)40)37-18-19-7-10-24(34)25(35)15-19/h7-12,15-17,37H,13-14,18H2,1-6H3,(H2,36,38,39,41,42). The molecule has 0 aliphatic heterocycles. The monoisotopic (exact) mass is 659 g/mol. The fourth-order valence-corrected chi connectivity index (χ4v) is 4.95. The number of halogens is 3. The van der Waals surface area contributed by atoms with Crippen LogP contribution >= 0.6 is 34.8 Å². The molecule has 0 saturated carbocycles. The number of anilines is 1. The number of carbonyl (C=O) groups excluding carboxylic acids is 2. The van der Waals surface area contributed by atoms with Crippen molar-refractivity contribution in [1.29, 1.82) is 0 Å². The van der Waals surface area contributed by atoms with Gasteiger partial charge in [0.25, 0.3) is 0 Å². The van der Waals surface area contributed by atoms with Crippen LogP contribution in [0.1, 0.15) is 47.1 Å². The Bertz CT molecular complexity index is 1690. The number of aliphatic imine (C=N–C) groups is 1. The second-order valence-corrected chi connectivity index (χ2v) is 13.4. The molecular formula is C32H36Cl3N5O4. The van der Waals surface area contributed by atoms with Gasteiger partial charge in [0.05, 0.1) is 16.6 Å². The van der Waals surface area contributed by atoms with Crippen LogP contribution < -0.4 is 16.0 Å². The van der Waals surface area contributed by atoms with Gasteiger partial charge in [0.15, 0.2) is 0 Å². The van der Waals surface area contributed by atoms with Gasteiger partial charge in [-0.3, -0.25) is 15.6 Å². The van der Waals surface area contributed by atoms with E-state index in [0.717, 1.165) is 33.1 Å². The first-order chi connectivity index (χ1) is 20.6. The van der Waals surface area contributed by atoms with Crippen LogP contribution in [-0.2, 0) is 22.6 Å². The molecule has 0 radical (unpaired) electrons. The Labute approximate surface area is 271 Å². The maximum atomic E-state index is 12.5. The van der Waals surface area contributed by atoms with E-state index in [4.69, 9.17) is 44.3 Å². The van der Waals surface area contributed by atoms with E-state index in [1.807, 2.05) is 42.5 Å². The molecule has 0 atom stereocenters. The van der Waals surface area contributed by atoms with Gasteiger partial charge in [0, 0.05) is 45.6 Å². The van der Waals surface area contributed by atoms with E-state index < -0.39 is 23.4 Å². The predicted octanol–water partition coefficient (Wildman–Crippen LogP) is 8.77. The van der Waals surface area contributed by atoms with Gasteiger partial charge >= 0.3 is 12.2 Å². The summed E-state index contributed by atoms with van der Waals surface area (Å²) >= 11 is 18.6. The quantitative estimate of drug-likeness (QED) is 0.142. The van der Waals surface area contributed by atoms with Gasteiger partial charge in [-0.1, -0.05) is 40.9 Å². The van der Waals surface area contributed by atoms with Crippen LogP contribution in [0.4, 0.5) is 15.3 Å². The topological polar surface area (TPSA) is 106 Å². The molecule has 4 rings (SSSR count). The Kier molecular flexibility index (Phi) is 10.2. The highest BCUT2D eigenvalue weighted by Gasteiger charge is 2.21. The molecule has 3 aromatic carbocycles. The van der Waals surface area contributed by atoms with Gasteiger partial charge in [-0.25, -0.2) is 9.59 Å². The second kappa shape index (κ2) is 13.5. The van der Waals surface area contributed by atoms with Crippen molar-refractivity contribution in [2.24, 2.45) is 4.99 Å². The number of hydrogen-bond acceptors (Lipinski definition) is 6. The summed E-state index contributed by atoms with van der Waals surface area (Å²) in [6, 6.07) is 17.4. The Morgan fingerprint density at radius 1 is 0.773 bits per heavy atom. The third-order valence-corrected chi connectivity index (χ3v) is 7.11. The van der Waals surface area contributed by atoms with Gasteiger partial charge in [0.2, 0.25) is 5.96 Å². The number of nitrogens with zero attached hydrogens (tertiary/aromatic N) is 2. The van der Waals surface area contributed by atoms with E-state index >= 15 is 0 Å². The molecule has 3 N–H and O–H groups in total. The predicted molar refractivity (Wildman–Crippen MR) is 179 cm³/mol. The molecule has 9 nitrogen and oxygen atoms in total. The second-order valence-electron chi connectivity index (χ2n) is 12.1. The number of rotatable bonds is 6. The lowest BCUT2D eigenvalue weighted by Crippen LogP contribution is -2.47. The molecule has 0 aliphatic carbocycles. The number of nitrogens with one attached hydrogen (secondary N) is 3. The Balaban J connectivity index is 1.59. The van der Waals surface area contributed by atoms with Crippen molar-refractivity contribution in [1.82, 2.24) is 15.2 Å². The van der Waals surface area contributed by atoms with Crippen molar-refractivity contribution in [2.75, 3.05) is 11.9 Å². The van der Waals surface area contributed by atoms with Gasteiger partial charge in [-0.15, -0.1) is 0 Å². The van der Waals surface area contributed by atoms with Crippen LogP contribution in [0, 0.1) is 0 Å². The molecule has 234 valence electrons. The van der Waals surface area contributed by atoms with E-state index in [-0.39, 0.29) is 12.5 Å². The van der Waals surface area contributed by atoms with Gasteiger partial charge in [-0.05, 0) is 95.6 Å². The minimum Gasteiger partial charge on any atom is -0.444 e. The fourth-order valence-electron chi connectivity index (χ4n) is 4.45. The van der Waals surface area contributed by atoms with Gasteiger partial charge in [0.1, 0.15) is 11.2 Å². The van der Waals surface area contributed by atoms with Crippen LogP contribution in [0.2, 0.25) is 15.1 Å². The average Bonchev–Trinajstić information content (AvgIpc) is 3.19. The number of amides is 2. The molecule has 1 aromatic heterocycles. The Hall–Kier alpha value is -3.66. The number of alkyl carbamates (subject to hydrolysis) is 2. The van der Waals surface area contributed by atoms with Crippen molar-refractivity contribution in [2.45, 2.75) is 65.8 Å². The molecule has 1 heterocycles. The van der Waals surface area contributed by atoms with Crippen molar-refractivity contribution in [3.63, 3.8) is 0 Å². The molecule has 0 fully saturated rings. The average molecular weight is 661 g/mol. The summed E-state index contributed by atoms with van der Waals surface area (Å²) in [5, 5.41) is 12.1. The normalized spacial score (nSPS) is 11.8. The third-order valence-electron chi connectivity index (χ3n) is 6.14. The van der Waals surface area contributed by atoms with E-state index in [2.05, 4.69) is 31.6 Å². The SMILES string of the molecule is CC(C)(C)OC(=O)NC(=NCCn1c2ccc(Cl)cc2c2cc(NCc3ccc(Cl)c(Cl)c3)ccc21)NC(=O)OC(C)(C)C. The summed E-state index contributed by atoms with van der Waals surface area (Å²) in [5.74, 6) is -0.0777. The number of ether oxygens (including phenoxy) is 2. The lowest BCUT2D eigenvalue weighted by atomic mass is 10.1. The molecule has 0 spiro atoms. The number of carbonyl (C=O) groups is 2. The maximum absolute atomic E-state index is 12.5. The summed E-state index contributed by atoms with van der Waals surface area (Å²) in [7, 11) is 0. The van der Waals surface area contributed by atoms with Crippen LogP contribution in [0.25, 0.3) is 21.8 Å². The van der Waals surface area contributed by atoms with E-state index in [9.17, 15) is 9.59 Å². The zero-order chi connectivity index (χ0) is 32.2. The lowest BCUT2D eigenvalue weighted by Gasteiger charge is -2.22. The van der Waals surface area contributed by atoms with E-state index in [1.54, 1.807) is 47.6 Å². The third kappa shape index (κ3) is 9.17. The molecule has 2 amide bonds. The van der Waals surface area contributed by atoms with Crippen molar-refractivity contribution < 1.29 is 19.1 Å². The summed E-state index contributed by atoms with van der Waals surface area (Å²) in [5.41, 5.74) is 2.38. The van der Waals surface area contributed by atoms with Crippen LogP contribution in [0.15, 0.2) is 59.6 Å². The van der Waals surface area contributed by atoms with Crippen LogP contribution in [0.3, 0.4) is 0 Å². The molecule has 0 aliphatic rings. The summed E-state index contributed by atoms with van der Waals surface area (Å²) in [6.07, 6.45) is -1.50. The lowest BCUT2D eigenvalue weighted by molar-refractivity contribution is 0.0545. The number of benzene rings is 3. The minimum atomic E-state index is -0.750. The first-order valence-electron chi connectivity index (χ1n) is 14.0. The first-order valence-corrected chi connectivity index (χ1v) is 15.2. The molecule has 0 saturated heterocycles. The fraction of sp³-hybridized carbons (Fsp3) is 0.344. The largest absolute Gasteiger partial charge is 0.444 e. The van der Waals surface area contributed by atoms with Crippen LogP contribution in [-0.4, -0.2) is 40.5 Å². The van der Waals surface area contributed by atoms with Crippen molar-refractivity contribution in [3.8, 4) is 0 Å². The minimum absolute atomic E-state index is 0.0777. The molecule has 12 heteroatoms. The highest BCUT2D eigenvalue weighted by atomic mass is 35.5. The van der Waals surface area contributed by atoms with Gasteiger partial charge < -0.3 is 19.4 Å². The number of fused-ring (bicyclic) bond motifs is 3. The number of hydrogen-bond donors (Lipinski definition) is 3. The maximum Gasteiger partial charge on any atom is 0.414 e. The molecule has 4 aromatic rings. The number of aromatic nitrogens is 1. The number of guanidine groups is 1. The first kappa shape index (κ1) is 33.2. The van der Waals surface area contributed by atoms with E-state index in [1.165, 1.54) is 0 Å². The van der Waals surface area contributed by atoms with Gasteiger partial charge in [-0.2, -0.15) is 0 Å². The highest BCUT2D eigenvalue weighted by molar-refractivity contribution is 6.42.